The second-order valence-electron chi connectivity index (χ2n) is 8.19. The highest BCUT2D eigenvalue weighted by molar-refractivity contribution is 7.99. The number of rotatable bonds is 6. The van der Waals surface area contributed by atoms with Crippen LogP contribution in [0.4, 0.5) is 5.82 Å². The van der Waals surface area contributed by atoms with E-state index in [1.165, 1.54) is 11.8 Å². The van der Waals surface area contributed by atoms with Gasteiger partial charge in [-0.15, -0.1) is 0 Å². The first-order chi connectivity index (χ1) is 18.2. The number of carbonyl (C=O) groups is 1. The molecule has 0 radical (unpaired) electrons. The number of nitrogens with zero attached hydrogens (tertiary/aromatic N) is 4. The predicted octanol–water partition coefficient (Wildman–Crippen LogP) is 6.48. The fourth-order valence-corrected chi connectivity index (χ4v) is 4.97. The van der Waals surface area contributed by atoms with Gasteiger partial charge in [0.05, 0.1) is 22.5 Å². The minimum absolute atomic E-state index is 0.238. The van der Waals surface area contributed by atoms with Gasteiger partial charge in [0.1, 0.15) is 5.52 Å². The number of carbonyl (C=O) groups excluding carboxylic acids is 1. The summed E-state index contributed by atoms with van der Waals surface area (Å²) >= 11 is 1.52. The van der Waals surface area contributed by atoms with E-state index in [-0.39, 0.29) is 5.91 Å². The second kappa shape index (κ2) is 10.0. The number of H-pyrrole nitrogens is 1. The maximum absolute atomic E-state index is 13.3. The molecule has 2 N–H and O–H groups in total. The first kappa shape index (κ1) is 22.6. The number of hydrogen-bond donors (Lipinski definition) is 2. The van der Waals surface area contributed by atoms with E-state index in [4.69, 9.17) is 0 Å². The van der Waals surface area contributed by atoms with Gasteiger partial charge in [0.15, 0.2) is 5.82 Å². The third-order valence-electron chi connectivity index (χ3n) is 5.78. The fraction of sp³-hybridized carbons (Fsp3) is 0. The number of aromatic nitrogens is 5. The number of benzene rings is 2. The van der Waals surface area contributed by atoms with Crippen LogP contribution < -0.4 is 5.32 Å². The molecule has 37 heavy (non-hydrogen) atoms. The zero-order valence-corrected chi connectivity index (χ0v) is 20.3. The van der Waals surface area contributed by atoms with Gasteiger partial charge >= 0.3 is 0 Å². The summed E-state index contributed by atoms with van der Waals surface area (Å²) in [6.45, 7) is 0. The summed E-state index contributed by atoms with van der Waals surface area (Å²) in [5.74, 6) is 0.200. The predicted molar refractivity (Wildman–Crippen MR) is 147 cm³/mol. The molecule has 0 saturated heterocycles. The first-order valence-corrected chi connectivity index (χ1v) is 12.4. The van der Waals surface area contributed by atoms with Crippen LogP contribution in [0.15, 0.2) is 107 Å². The highest BCUT2D eigenvalue weighted by Crippen LogP contribution is 2.33. The molecule has 0 atom stereocenters. The second-order valence-corrected chi connectivity index (χ2v) is 9.31. The minimum atomic E-state index is -0.238. The highest BCUT2D eigenvalue weighted by Gasteiger charge is 2.15. The SMILES string of the molecule is O=C(Nc1nccc2cccnc12)c1ccccc1Sc1ccc2c(/C=C/c3ccccn3)n[nH]c2c1. The van der Waals surface area contributed by atoms with E-state index in [0.717, 1.165) is 37.5 Å². The summed E-state index contributed by atoms with van der Waals surface area (Å²) in [4.78, 5) is 28.1. The van der Waals surface area contributed by atoms with Gasteiger partial charge in [0, 0.05) is 39.2 Å². The van der Waals surface area contributed by atoms with Crippen LogP contribution in [-0.2, 0) is 0 Å². The number of nitrogens with one attached hydrogen (secondary N) is 2. The summed E-state index contributed by atoms with van der Waals surface area (Å²) < 4.78 is 0. The van der Waals surface area contributed by atoms with Crippen molar-refractivity contribution < 1.29 is 4.79 Å². The zero-order chi connectivity index (χ0) is 25.0. The van der Waals surface area contributed by atoms with Gasteiger partial charge < -0.3 is 5.32 Å². The Labute approximate surface area is 216 Å². The molecule has 0 saturated carbocycles. The topological polar surface area (TPSA) is 96.5 Å². The average molecular weight is 501 g/mol. The molecule has 0 bridgehead atoms. The summed E-state index contributed by atoms with van der Waals surface area (Å²) in [5.41, 5.74) is 3.84. The molecule has 1 amide bonds. The molecular weight excluding hydrogens is 480 g/mol. The van der Waals surface area contributed by atoms with E-state index < -0.39 is 0 Å². The summed E-state index contributed by atoms with van der Waals surface area (Å²) in [7, 11) is 0. The Morgan fingerprint density at radius 3 is 2.65 bits per heavy atom. The quantitative estimate of drug-likeness (QED) is 0.272. The number of aromatic amines is 1. The zero-order valence-electron chi connectivity index (χ0n) is 19.5. The lowest BCUT2D eigenvalue weighted by atomic mass is 10.2. The van der Waals surface area contributed by atoms with Gasteiger partial charge in [-0.1, -0.05) is 36.0 Å². The van der Waals surface area contributed by atoms with Gasteiger partial charge in [-0.2, -0.15) is 5.10 Å². The van der Waals surface area contributed by atoms with Crippen molar-refractivity contribution in [1.82, 2.24) is 25.1 Å². The Balaban J connectivity index is 1.24. The Hall–Kier alpha value is -4.82. The smallest absolute Gasteiger partial charge is 0.258 e. The minimum Gasteiger partial charge on any atom is -0.305 e. The van der Waals surface area contributed by atoms with Crippen LogP contribution in [0.1, 0.15) is 21.7 Å². The maximum atomic E-state index is 13.3. The molecule has 2 aromatic carbocycles. The van der Waals surface area contributed by atoms with Crippen LogP contribution in [0.25, 0.3) is 34.0 Å². The molecule has 0 aliphatic rings. The lowest BCUT2D eigenvalue weighted by Crippen LogP contribution is -2.14. The first-order valence-electron chi connectivity index (χ1n) is 11.6. The van der Waals surface area contributed by atoms with Crippen LogP contribution in [0.2, 0.25) is 0 Å². The molecular formula is C29H20N6OS. The Kier molecular flexibility index (Phi) is 6.14. The number of pyridine rings is 3. The third kappa shape index (κ3) is 4.82. The molecule has 4 aromatic heterocycles. The van der Waals surface area contributed by atoms with E-state index in [1.807, 2.05) is 91.0 Å². The molecule has 4 heterocycles. The van der Waals surface area contributed by atoms with Crippen molar-refractivity contribution in [1.29, 1.82) is 0 Å². The third-order valence-corrected chi connectivity index (χ3v) is 6.84. The average Bonchev–Trinajstić information content (AvgIpc) is 3.35. The molecule has 0 fully saturated rings. The number of hydrogen-bond acceptors (Lipinski definition) is 6. The van der Waals surface area contributed by atoms with Crippen molar-refractivity contribution in [2.45, 2.75) is 9.79 Å². The van der Waals surface area contributed by atoms with E-state index in [2.05, 4.69) is 30.5 Å². The van der Waals surface area contributed by atoms with Gasteiger partial charge in [-0.05, 0) is 66.7 Å². The van der Waals surface area contributed by atoms with Crippen molar-refractivity contribution in [2.75, 3.05) is 5.32 Å². The van der Waals surface area contributed by atoms with Crippen molar-refractivity contribution >= 4 is 57.4 Å². The van der Waals surface area contributed by atoms with E-state index in [1.54, 1.807) is 18.6 Å². The van der Waals surface area contributed by atoms with E-state index >= 15 is 0 Å². The van der Waals surface area contributed by atoms with Crippen molar-refractivity contribution in [3.05, 3.63) is 114 Å². The van der Waals surface area contributed by atoms with E-state index in [0.29, 0.717) is 16.9 Å². The van der Waals surface area contributed by atoms with Crippen LogP contribution in [0, 0.1) is 0 Å². The Morgan fingerprint density at radius 2 is 1.73 bits per heavy atom. The fourth-order valence-electron chi connectivity index (χ4n) is 3.99. The lowest BCUT2D eigenvalue weighted by Gasteiger charge is -2.11. The summed E-state index contributed by atoms with van der Waals surface area (Å²) in [5, 5.41) is 12.4. The number of amides is 1. The van der Waals surface area contributed by atoms with Crippen LogP contribution >= 0.6 is 11.8 Å². The molecule has 0 unspecified atom stereocenters. The molecule has 8 heteroatoms. The Bertz CT molecular complexity index is 1760. The lowest BCUT2D eigenvalue weighted by molar-refractivity contribution is 0.102. The van der Waals surface area contributed by atoms with Crippen LogP contribution in [0.3, 0.4) is 0 Å². The largest absolute Gasteiger partial charge is 0.305 e. The molecule has 178 valence electrons. The number of fused-ring (bicyclic) bond motifs is 2. The van der Waals surface area contributed by atoms with Gasteiger partial charge in [-0.3, -0.25) is 19.9 Å². The van der Waals surface area contributed by atoms with Crippen molar-refractivity contribution in [3.8, 4) is 0 Å². The molecule has 6 aromatic rings. The van der Waals surface area contributed by atoms with Crippen molar-refractivity contribution in [3.63, 3.8) is 0 Å². The molecule has 0 aliphatic carbocycles. The monoisotopic (exact) mass is 500 g/mol. The van der Waals surface area contributed by atoms with Gasteiger partial charge in [0.2, 0.25) is 0 Å². The standard InChI is InChI=1S/C29H20N6OS/c36-29(33-28-27-19(14-17-32-28)6-5-16-31-27)23-8-1-2-9-26(23)37-21-11-12-22-24(34-35-25(22)18-21)13-10-20-7-3-4-15-30-20/h1-18H,(H,34,35)(H,32,33,36)/b13-10+. The van der Waals surface area contributed by atoms with Gasteiger partial charge in [0.25, 0.3) is 5.91 Å². The van der Waals surface area contributed by atoms with Crippen molar-refractivity contribution in [2.24, 2.45) is 0 Å². The summed E-state index contributed by atoms with van der Waals surface area (Å²) in [6.07, 6.45) is 9.01. The molecule has 7 nitrogen and oxygen atoms in total. The van der Waals surface area contributed by atoms with Crippen LogP contribution in [-0.4, -0.2) is 31.1 Å². The van der Waals surface area contributed by atoms with Gasteiger partial charge in [-0.25, -0.2) is 4.98 Å². The van der Waals surface area contributed by atoms with Crippen LogP contribution in [0.5, 0.6) is 0 Å². The Morgan fingerprint density at radius 1 is 0.838 bits per heavy atom. The molecule has 6 rings (SSSR count). The normalized spacial score (nSPS) is 11.4. The van der Waals surface area contributed by atoms with E-state index in [9.17, 15) is 4.79 Å². The molecule has 0 aliphatic heterocycles. The number of anilines is 1. The highest BCUT2D eigenvalue weighted by atomic mass is 32.2. The molecule has 0 spiro atoms. The summed E-state index contributed by atoms with van der Waals surface area (Å²) in [6, 6.07) is 25.1. The maximum Gasteiger partial charge on any atom is 0.258 e.